The molecular weight excluding hydrogens is 320 g/mol. The second kappa shape index (κ2) is 7.70. The van der Waals surface area contributed by atoms with Crippen LogP contribution in [0.15, 0.2) is 54.6 Å². The van der Waals surface area contributed by atoms with Gasteiger partial charge in [0.05, 0.1) is 0 Å². The molecule has 2 amide bonds. The Morgan fingerprint density at radius 2 is 1.64 bits per heavy atom. The van der Waals surface area contributed by atoms with Gasteiger partial charge in [-0.05, 0) is 30.3 Å². The van der Waals surface area contributed by atoms with E-state index in [2.05, 4.69) is 0 Å². The molecule has 0 spiro atoms. The summed E-state index contributed by atoms with van der Waals surface area (Å²) in [6.07, 6.45) is 0.203. The topological polar surface area (TPSA) is 81.9 Å². The first-order valence-electron chi connectivity index (χ1n) is 8.20. The SMILES string of the molecule is NC(=O)OC1CCN(C(=O)c2cccc(Oc3ccccc3)c2)CC1. The van der Waals surface area contributed by atoms with Gasteiger partial charge in [-0.25, -0.2) is 4.79 Å². The van der Waals surface area contributed by atoms with Gasteiger partial charge in [-0.2, -0.15) is 0 Å². The predicted octanol–water partition coefficient (Wildman–Crippen LogP) is 3.18. The minimum Gasteiger partial charge on any atom is -0.457 e. The average Bonchev–Trinajstić information content (AvgIpc) is 2.62. The number of piperidine rings is 1. The Kier molecular flexibility index (Phi) is 5.18. The molecule has 0 atom stereocenters. The molecule has 2 N–H and O–H groups in total. The van der Waals surface area contributed by atoms with Crippen molar-refractivity contribution < 1.29 is 19.1 Å². The molecule has 2 aromatic carbocycles. The quantitative estimate of drug-likeness (QED) is 0.927. The second-order valence-corrected chi connectivity index (χ2v) is 5.87. The van der Waals surface area contributed by atoms with Crippen molar-refractivity contribution in [1.29, 1.82) is 0 Å². The molecule has 1 fully saturated rings. The van der Waals surface area contributed by atoms with Crippen LogP contribution in [-0.2, 0) is 4.74 Å². The van der Waals surface area contributed by atoms with Crippen molar-refractivity contribution in [2.24, 2.45) is 5.73 Å². The van der Waals surface area contributed by atoms with Crippen molar-refractivity contribution in [3.05, 3.63) is 60.2 Å². The molecule has 0 aromatic heterocycles. The van der Waals surface area contributed by atoms with Crippen LogP contribution in [0.25, 0.3) is 0 Å². The molecule has 1 aliphatic heterocycles. The van der Waals surface area contributed by atoms with Crippen molar-refractivity contribution >= 4 is 12.0 Å². The molecule has 1 saturated heterocycles. The van der Waals surface area contributed by atoms with Gasteiger partial charge < -0.3 is 20.1 Å². The number of likely N-dealkylation sites (tertiary alicyclic amines) is 1. The Hall–Kier alpha value is -3.02. The maximum absolute atomic E-state index is 12.7. The Balaban J connectivity index is 1.63. The first-order chi connectivity index (χ1) is 12.1. The highest BCUT2D eigenvalue weighted by Gasteiger charge is 2.25. The zero-order valence-corrected chi connectivity index (χ0v) is 13.8. The van der Waals surface area contributed by atoms with Gasteiger partial charge in [0.2, 0.25) is 0 Å². The molecule has 0 bridgehead atoms. The van der Waals surface area contributed by atoms with Gasteiger partial charge in [0.25, 0.3) is 5.91 Å². The van der Waals surface area contributed by atoms with Gasteiger partial charge >= 0.3 is 6.09 Å². The van der Waals surface area contributed by atoms with Crippen LogP contribution in [0.2, 0.25) is 0 Å². The third kappa shape index (κ3) is 4.50. The normalized spacial score (nSPS) is 14.8. The molecule has 6 nitrogen and oxygen atoms in total. The Bertz CT molecular complexity index is 740. The van der Waals surface area contributed by atoms with E-state index >= 15 is 0 Å². The number of carbonyl (C=O) groups excluding carboxylic acids is 2. The van der Waals surface area contributed by atoms with E-state index in [-0.39, 0.29) is 12.0 Å². The van der Waals surface area contributed by atoms with E-state index in [4.69, 9.17) is 15.2 Å². The van der Waals surface area contributed by atoms with Crippen LogP contribution in [0.5, 0.6) is 11.5 Å². The Morgan fingerprint density at radius 3 is 2.32 bits per heavy atom. The molecule has 2 aromatic rings. The van der Waals surface area contributed by atoms with Crippen LogP contribution < -0.4 is 10.5 Å². The van der Waals surface area contributed by atoms with E-state index in [0.29, 0.717) is 37.2 Å². The number of ether oxygens (including phenoxy) is 2. The zero-order valence-electron chi connectivity index (χ0n) is 13.8. The van der Waals surface area contributed by atoms with Crippen LogP contribution in [-0.4, -0.2) is 36.1 Å². The van der Waals surface area contributed by atoms with Gasteiger partial charge in [0.1, 0.15) is 17.6 Å². The highest BCUT2D eigenvalue weighted by atomic mass is 16.6. The predicted molar refractivity (Wildman–Crippen MR) is 92.6 cm³/mol. The standard InChI is InChI=1S/C19H20N2O4/c20-19(23)25-16-9-11-21(12-10-16)18(22)14-5-4-8-17(13-14)24-15-6-2-1-3-7-15/h1-8,13,16H,9-12H2,(H2,20,23). The molecule has 0 unspecified atom stereocenters. The van der Waals surface area contributed by atoms with Gasteiger partial charge in [-0.1, -0.05) is 24.3 Å². The lowest BCUT2D eigenvalue weighted by Crippen LogP contribution is -2.41. The number of para-hydroxylation sites is 1. The summed E-state index contributed by atoms with van der Waals surface area (Å²) in [7, 11) is 0. The van der Waals surface area contributed by atoms with E-state index in [0.717, 1.165) is 5.75 Å². The minimum absolute atomic E-state index is 0.0592. The summed E-state index contributed by atoms with van der Waals surface area (Å²) < 4.78 is 10.8. The molecule has 25 heavy (non-hydrogen) atoms. The van der Waals surface area contributed by atoms with Crippen LogP contribution >= 0.6 is 0 Å². The molecule has 0 aliphatic carbocycles. The van der Waals surface area contributed by atoms with Crippen LogP contribution in [0, 0.1) is 0 Å². The van der Waals surface area contributed by atoms with Crippen molar-refractivity contribution in [3.8, 4) is 11.5 Å². The maximum atomic E-state index is 12.7. The summed E-state index contributed by atoms with van der Waals surface area (Å²) in [6, 6.07) is 16.5. The van der Waals surface area contributed by atoms with Crippen LogP contribution in [0.3, 0.4) is 0 Å². The zero-order chi connectivity index (χ0) is 17.6. The maximum Gasteiger partial charge on any atom is 0.404 e. The number of primary amides is 1. The number of rotatable bonds is 4. The minimum atomic E-state index is -0.768. The van der Waals surface area contributed by atoms with E-state index in [1.807, 2.05) is 36.4 Å². The van der Waals surface area contributed by atoms with Gasteiger partial charge in [-0.15, -0.1) is 0 Å². The number of amides is 2. The fraction of sp³-hybridized carbons (Fsp3) is 0.263. The molecule has 1 aliphatic rings. The fourth-order valence-electron chi connectivity index (χ4n) is 2.84. The number of hydrogen-bond donors (Lipinski definition) is 1. The van der Waals surface area contributed by atoms with Crippen LogP contribution in [0.1, 0.15) is 23.2 Å². The van der Waals surface area contributed by atoms with Gasteiger partial charge in [-0.3, -0.25) is 4.79 Å². The first-order valence-corrected chi connectivity index (χ1v) is 8.20. The number of nitrogens with zero attached hydrogens (tertiary/aromatic N) is 1. The van der Waals surface area contributed by atoms with Crippen molar-refractivity contribution in [3.63, 3.8) is 0 Å². The summed E-state index contributed by atoms with van der Waals surface area (Å²) in [5.74, 6) is 1.27. The number of nitrogens with two attached hydrogens (primary N) is 1. The van der Waals surface area contributed by atoms with Gasteiger partial charge in [0, 0.05) is 31.5 Å². The highest BCUT2D eigenvalue weighted by Crippen LogP contribution is 2.23. The summed E-state index contributed by atoms with van der Waals surface area (Å²) in [5.41, 5.74) is 5.61. The third-order valence-corrected chi connectivity index (χ3v) is 4.07. The Labute approximate surface area is 146 Å². The molecule has 0 saturated carbocycles. The second-order valence-electron chi connectivity index (χ2n) is 5.87. The van der Waals surface area contributed by atoms with Crippen molar-refractivity contribution in [1.82, 2.24) is 4.90 Å². The summed E-state index contributed by atoms with van der Waals surface area (Å²) >= 11 is 0. The number of benzene rings is 2. The van der Waals surface area contributed by atoms with E-state index in [1.165, 1.54) is 0 Å². The lowest BCUT2D eigenvalue weighted by atomic mass is 10.1. The largest absolute Gasteiger partial charge is 0.457 e. The molecule has 6 heteroatoms. The summed E-state index contributed by atoms with van der Waals surface area (Å²) in [6.45, 7) is 1.06. The fourth-order valence-corrected chi connectivity index (χ4v) is 2.84. The number of carbonyl (C=O) groups is 2. The Morgan fingerprint density at radius 1 is 0.960 bits per heavy atom. The van der Waals surface area contributed by atoms with E-state index in [1.54, 1.807) is 23.1 Å². The highest BCUT2D eigenvalue weighted by molar-refractivity contribution is 5.94. The van der Waals surface area contributed by atoms with E-state index < -0.39 is 6.09 Å². The first kappa shape index (κ1) is 16.8. The summed E-state index contributed by atoms with van der Waals surface area (Å²) in [5, 5.41) is 0. The average molecular weight is 340 g/mol. The monoisotopic (exact) mass is 340 g/mol. The van der Waals surface area contributed by atoms with Crippen LogP contribution in [0.4, 0.5) is 4.79 Å². The lowest BCUT2D eigenvalue weighted by Gasteiger charge is -2.31. The molecular formula is C19H20N2O4. The smallest absolute Gasteiger partial charge is 0.404 e. The molecule has 130 valence electrons. The van der Waals surface area contributed by atoms with Gasteiger partial charge in [0.15, 0.2) is 0 Å². The van der Waals surface area contributed by atoms with Crippen molar-refractivity contribution in [2.75, 3.05) is 13.1 Å². The van der Waals surface area contributed by atoms with Crippen molar-refractivity contribution in [2.45, 2.75) is 18.9 Å². The summed E-state index contributed by atoms with van der Waals surface area (Å²) in [4.78, 5) is 25.2. The molecule has 3 rings (SSSR count). The number of hydrogen-bond acceptors (Lipinski definition) is 4. The molecule has 0 radical (unpaired) electrons. The molecule has 1 heterocycles. The van der Waals surface area contributed by atoms with E-state index in [9.17, 15) is 9.59 Å². The third-order valence-electron chi connectivity index (χ3n) is 4.07. The lowest BCUT2D eigenvalue weighted by molar-refractivity contribution is 0.0454.